The van der Waals surface area contributed by atoms with E-state index in [1.165, 1.54) is 19.3 Å². The van der Waals surface area contributed by atoms with Crippen molar-refractivity contribution in [3.05, 3.63) is 0 Å². The van der Waals surface area contributed by atoms with E-state index in [-0.39, 0.29) is 0 Å². The van der Waals surface area contributed by atoms with Gasteiger partial charge in [0.1, 0.15) is 0 Å². The van der Waals surface area contributed by atoms with Crippen molar-refractivity contribution in [3.8, 4) is 0 Å². The molecule has 0 aliphatic carbocycles. The van der Waals surface area contributed by atoms with Crippen LogP contribution in [-0.2, 0) is 0 Å². The first-order chi connectivity index (χ1) is 6.07. The maximum Gasteiger partial charge on any atom is 0.168 e. The molecule has 0 radical (unpaired) electrons. The van der Waals surface area contributed by atoms with E-state index in [4.69, 9.17) is 12.2 Å². The van der Waals surface area contributed by atoms with Crippen LogP contribution in [0, 0.1) is 0 Å². The minimum Gasteiger partial charge on any atom is -0.360 e. The molecule has 2 nitrogen and oxygen atoms in total. The smallest absolute Gasteiger partial charge is 0.168 e. The van der Waals surface area contributed by atoms with Gasteiger partial charge in [-0.05, 0) is 32.5 Å². The highest BCUT2D eigenvalue weighted by atomic mass is 32.1. The molecule has 0 heterocycles. The Kier molecular flexibility index (Phi) is 6.96. The third-order valence-corrected chi connectivity index (χ3v) is 2.29. The summed E-state index contributed by atoms with van der Waals surface area (Å²) in [6, 6.07) is 0.432. The minimum atomic E-state index is 0.432. The lowest BCUT2D eigenvalue weighted by Crippen LogP contribution is -2.40. The fourth-order valence-corrected chi connectivity index (χ4v) is 1.38. The molecular formula is C10H22N2S. The monoisotopic (exact) mass is 202 g/mol. The molecule has 0 aromatic carbocycles. The Balaban J connectivity index is 3.57. The van der Waals surface area contributed by atoms with Crippen LogP contribution >= 0.6 is 12.2 Å². The summed E-state index contributed by atoms with van der Waals surface area (Å²) in [5.41, 5.74) is 0. The van der Waals surface area contributed by atoms with Gasteiger partial charge < -0.3 is 10.2 Å². The van der Waals surface area contributed by atoms with Crippen LogP contribution in [0.25, 0.3) is 0 Å². The van der Waals surface area contributed by atoms with Crippen LogP contribution < -0.4 is 5.32 Å². The maximum absolute atomic E-state index is 5.22. The highest BCUT2D eigenvalue weighted by Crippen LogP contribution is 1.97. The highest BCUT2D eigenvalue weighted by molar-refractivity contribution is 7.80. The first-order valence-electron chi connectivity index (χ1n) is 5.09. The van der Waals surface area contributed by atoms with Crippen LogP contribution in [-0.4, -0.2) is 29.6 Å². The van der Waals surface area contributed by atoms with Gasteiger partial charge in [-0.2, -0.15) is 0 Å². The van der Waals surface area contributed by atoms with E-state index in [0.29, 0.717) is 6.04 Å². The summed E-state index contributed by atoms with van der Waals surface area (Å²) in [5, 5.41) is 4.09. The van der Waals surface area contributed by atoms with Crippen LogP contribution in [0.4, 0.5) is 0 Å². The zero-order valence-electron chi connectivity index (χ0n) is 9.26. The lowest BCUT2D eigenvalue weighted by molar-refractivity contribution is 0.461. The number of unbranched alkanes of at least 4 members (excludes halogenated alkanes) is 2. The van der Waals surface area contributed by atoms with Crippen molar-refractivity contribution in [2.24, 2.45) is 0 Å². The normalized spacial score (nSPS) is 10.2. The van der Waals surface area contributed by atoms with Gasteiger partial charge in [0, 0.05) is 19.6 Å². The summed E-state index contributed by atoms with van der Waals surface area (Å²) >= 11 is 5.22. The fraction of sp³-hybridized carbons (Fsp3) is 0.900. The van der Waals surface area contributed by atoms with Crippen molar-refractivity contribution in [1.29, 1.82) is 0 Å². The van der Waals surface area contributed by atoms with Gasteiger partial charge in [0.25, 0.3) is 0 Å². The second-order valence-electron chi connectivity index (χ2n) is 3.73. The molecule has 0 atom stereocenters. The summed E-state index contributed by atoms with van der Waals surface area (Å²) in [6.45, 7) is 7.48. The second-order valence-corrected chi connectivity index (χ2v) is 4.12. The van der Waals surface area contributed by atoms with E-state index in [1.807, 2.05) is 7.05 Å². The predicted octanol–water partition coefficient (Wildman–Crippen LogP) is 2.39. The van der Waals surface area contributed by atoms with Crippen molar-refractivity contribution in [2.75, 3.05) is 13.6 Å². The molecule has 0 bridgehead atoms. The molecule has 1 N–H and O–H groups in total. The molecule has 0 unspecified atom stereocenters. The van der Waals surface area contributed by atoms with Crippen LogP contribution in [0.1, 0.15) is 40.0 Å². The largest absolute Gasteiger partial charge is 0.360 e. The zero-order valence-corrected chi connectivity index (χ0v) is 10.1. The van der Waals surface area contributed by atoms with Gasteiger partial charge in [-0.3, -0.25) is 0 Å². The van der Waals surface area contributed by atoms with E-state index >= 15 is 0 Å². The van der Waals surface area contributed by atoms with Crippen LogP contribution in [0.2, 0.25) is 0 Å². The summed E-state index contributed by atoms with van der Waals surface area (Å²) in [4.78, 5) is 2.12. The average molecular weight is 202 g/mol. The summed E-state index contributed by atoms with van der Waals surface area (Å²) in [7, 11) is 2.05. The SMILES string of the molecule is CCCCCN(C)C(=S)NC(C)C. The second kappa shape index (κ2) is 7.13. The molecule has 0 saturated heterocycles. The maximum atomic E-state index is 5.22. The van der Waals surface area contributed by atoms with Gasteiger partial charge in [0.2, 0.25) is 0 Å². The Morgan fingerprint density at radius 2 is 2.00 bits per heavy atom. The molecule has 78 valence electrons. The predicted molar refractivity (Wildman–Crippen MR) is 63.0 cm³/mol. The molecule has 0 rings (SSSR count). The zero-order chi connectivity index (χ0) is 10.3. The number of hydrogen-bond donors (Lipinski definition) is 1. The number of hydrogen-bond acceptors (Lipinski definition) is 1. The van der Waals surface area contributed by atoms with E-state index in [0.717, 1.165) is 11.7 Å². The van der Waals surface area contributed by atoms with E-state index in [9.17, 15) is 0 Å². The quantitative estimate of drug-likeness (QED) is 0.544. The Bertz CT molecular complexity index is 146. The number of rotatable bonds is 5. The molecule has 0 aliphatic heterocycles. The molecule has 0 aromatic rings. The Morgan fingerprint density at radius 3 is 2.46 bits per heavy atom. The van der Waals surface area contributed by atoms with E-state index in [1.54, 1.807) is 0 Å². The molecule has 0 saturated carbocycles. The van der Waals surface area contributed by atoms with Gasteiger partial charge >= 0.3 is 0 Å². The van der Waals surface area contributed by atoms with Gasteiger partial charge in [-0.15, -0.1) is 0 Å². The topological polar surface area (TPSA) is 15.3 Å². The van der Waals surface area contributed by atoms with Crippen molar-refractivity contribution in [1.82, 2.24) is 10.2 Å². The van der Waals surface area contributed by atoms with Crippen molar-refractivity contribution in [2.45, 2.75) is 46.1 Å². The minimum absolute atomic E-state index is 0.432. The Hall–Kier alpha value is -0.310. The molecule has 3 heteroatoms. The molecule has 0 aliphatic rings. The molecule has 0 spiro atoms. The average Bonchev–Trinajstić information content (AvgIpc) is 2.03. The summed E-state index contributed by atoms with van der Waals surface area (Å²) in [6.07, 6.45) is 3.78. The van der Waals surface area contributed by atoms with Crippen LogP contribution in [0.5, 0.6) is 0 Å². The number of thiocarbonyl (C=S) groups is 1. The van der Waals surface area contributed by atoms with Gasteiger partial charge in [0.15, 0.2) is 5.11 Å². The van der Waals surface area contributed by atoms with Crippen LogP contribution in [0.3, 0.4) is 0 Å². The van der Waals surface area contributed by atoms with Crippen molar-refractivity contribution in [3.63, 3.8) is 0 Å². The summed E-state index contributed by atoms with van der Waals surface area (Å²) < 4.78 is 0. The molecular weight excluding hydrogens is 180 g/mol. The molecule has 0 amide bonds. The van der Waals surface area contributed by atoms with Crippen molar-refractivity contribution >= 4 is 17.3 Å². The standard InChI is InChI=1S/C10H22N2S/c1-5-6-7-8-12(4)10(13)11-9(2)3/h9H,5-8H2,1-4H3,(H,11,13). The lowest BCUT2D eigenvalue weighted by atomic mass is 10.2. The van der Waals surface area contributed by atoms with Crippen molar-refractivity contribution < 1.29 is 0 Å². The first kappa shape index (κ1) is 12.7. The van der Waals surface area contributed by atoms with Gasteiger partial charge in [0.05, 0.1) is 0 Å². The third kappa shape index (κ3) is 6.82. The number of nitrogens with zero attached hydrogens (tertiary/aromatic N) is 1. The molecule has 0 aromatic heterocycles. The van der Waals surface area contributed by atoms with Crippen LogP contribution in [0.15, 0.2) is 0 Å². The highest BCUT2D eigenvalue weighted by Gasteiger charge is 2.03. The van der Waals surface area contributed by atoms with Gasteiger partial charge in [-0.1, -0.05) is 19.8 Å². The third-order valence-electron chi connectivity index (χ3n) is 1.86. The lowest BCUT2D eigenvalue weighted by Gasteiger charge is -2.22. The molecule has 13 heavy (non-hydrogen) atoms. The number of nitrogens with one attached hydrogen (secondary N) is 1. The fourth-order valence-electron chi connectivity index (χ4n) is 1.06. The van der Waals surface area contributed by atoms with Gasteiger partial charge in [-0.25, -0.2) is 0 Å². The molecule has 0 fully saturated rings. The Morgan fingerprint density at radius 1 is 1.38 bits per heavy atom. The van der Waals surface area contributed by atoms with E-state index in [2.05, 4.69) is 31.0 Å². The Labute approximate surface area is 87.7 Å². The van der Waals surface area contributed by atoms with E-state index < -0.39 is 0 Å². The first-order valence-corrected chi connectivity index (χ1v) is 5.50. The summed E-state index contributed by atoms with van der Waals surface area (Å²) in [5.74, 6) is 0.